The predicted octanol–water partition coefficient (Wildman–Crippen LogP) is 1.71. The Morgan fingerprint density at radius 3 is 2.95 bits per heavy atom. The molecule has 0 spiro atoms. The quantitative estimate of drug-likeness (QED) is 0.899. The lowest BCUT2D eigenvalue weighted by Gasteiger charge is -2.31. The number of hydrogen-bond donors (Lipinski definition) is 1. The third-order valence-electron chi connectivity index (χ3n) is 3.69. The molecule has 5 nitrogen and oxygen atoms in total. The molecular formula is C16H20FNO4. The molecule has 1 fully saturated rings. The molecule has 1 N–H and O–H groups in total. The van der Waals surface area contributed by atoms with Gasteiger partial charge in [0.15, 0.2) is 6.10 Å². The number of carboxylic acids is 1. The Kier molecular flexibility index (Phi) is 5.49. The van der Waals surface area contributed by atoms with Crippen molar-refractivity contribution in [1.29, 1.82) is 0 Å². The first-order chi connectivity index (χ1) is 10.5. The third kappa shape index (κ3) is 4.53. The SMILES string of the molecule is C[C@H](CC(=O)N1CCO[C@@H](C(=O)O)C1)Cc1cccc(F)c1. The standard InChI is InChI=1S/C16H20FNO4/c1-11(7-12-3-2-4-13(17)9-12)8-15(19)18-5-6-22-14(10-18)16(20)21/h2-4,9,11,14H,5-8,10H2,1H3,(H,20,21)/t11-,14+/m0/s1. The van der Waals surface area contributed by atoms with Gasteiger partial charge in [0, 0.05) is 13.0 Å². The van der Waals surface area contributed by atoms with E-state index in [4.69, 9.17) is 9.84 Å². The number of carbonyl (C=O) groups excluding carboxylic acids is 1. The maximum absolute atomic E-state index is 13.1. The van der Waals surface area contributed by atoms with Gasteiger partial charge in [-0.1, -0.05) is 19.1 Å². The van der Waals surface area contributed by atoms with Crippen LogP contribution in [0.25, 0.3) is 0 Å². The van der Waals surface area contributed by atoms with Crippen molar-refractivity contribution in [2.45, 2.75) is 25.9 Å². The molecule has 0 bridgehead atoms. The summed E-state index contributed by atoms with van der Waals surface area (Å²) in [5, 5.41) is 8.94. The highest BCUT2D eigenvalue weighted by Crippen LogP contribution is 2.16. The summed E-state index contributed by atoms with van der Waals surface area (Å²) >= 11 is 0. The average Bonchev–Trinajstić information content (AvgIpc) is 2.47. The van der Waals surface area contributed by atoms with Gasteiger partial charge in [-0.05, 0) is 30.0 Å². The van der Waals surface area contributed by atoms with E-state index in [0.29, 0.717) is 19.4 Å². The Bertz CT molecular complexity index is 549. The number of morpholine rings is 1. The molecule has 1 aliphatic heterocycles. The lowest BCUT2D eigenvalue weighted by atomic mass is 9.97. The summed E-state index contributed by atoms with van der Waals surface area (Å²) in [6, 6.07) is 6.34. The molecule has 1 saturated heterocycles. The van der Waals surface area contributed by atoms with Crippen LogP contribution in [-0.2, 0) is 20.7 Å². The molecule has 2 rings (SSSR count). The highest BCUT2D eigenvalue weighted by molar-refractivity contribution is 5.78. The Hall–Kier alpha value is -1.95. The van der Waals surface area contributed by atoms with Crippen LogP contribution in [0.1, 0.15) is 18.9 Å². The number of nitrogens with zero attached hydrogens (tertiary/aromatic N) is 1. The molecular weight excluding hydrogens is 289 g/mol. The molecule has 1 heterocycles. The monoisotopic (exact) mass is 309 g/mol. The normalized spacial score (nSPS) is 19.7. The zero-order valence-electron chi connectivity index (χ0n) is 12.5. The van der Waals surface area contributed by atoms with E-state index in [0.717, 1.165) is 5.56 Å². The second kappa shape index (κ2) is 7.35. The molecule has 6 heteroatoms. The van der Waals surface area contributed by atoms with Crippen molar-refractivity contribution in [3.63, 3.8) is 0 Å². The van der Waals surface area contributed by atoms with Crippen molar-refractivity contribution in [2.24, 2.45) is 5.92 Å². The smallest absolute Gasteiger partial charge is 0.334 e. The van der Waals surface area contributed by atoms with Crippen molar-refractivity contribution >= 4 is 11.9 Å². The number of rotatable bonds is 5. The lowest BCUT2D eigenvalue weighted by molar-refractivity contribution is -0.159. The van der Waals surface area contributed by atoms with Crippen molar-refractivity contribution in [2.75, 3.05) is 19.7 Å². The minimum absolute atomic E-state index is 0.0559. The summed E-state index contributed by atoms with van der Waals surface area (Å²) in [6.45, 7) is 2.66. The number of carboxylic acid groups (broad SMARTS) is 1. The van der Waals surface area contributed by atoms with E-state index in [1.54, 1.807) is 6.07 Å². The Balaban J connectivity index is 1.86. The van der Waals surface area contributed by atoms with E-state index in [-0.39, 0.29) is 30.8 Å². The number of amides is 1. The molecule has 1 amide bonds. The highest BCUT2D eigenvalue weighted by atomic mass is 19.1. The Labute approximate surface area is 128 Å². The first-order valence-electron chi connectivity index (χ1n) is 7.32. The third-order valence-corrected chi connectivity index (χ3v) is 3.69. The van der Waals surface area contributed by atoms with Gasteiger partial charge in [-0.2, -0.15) is 0 Å². The van der Waals surface area contributed by atoms with Gasteiger partial charge >= 0.3 is 5.97 Å². The summed E-state index contributed by atoms with van der Waals surface area (Å²) in [5.41, 5.74) is 0.852. The molecule has 0 radical (unpaired) electrons. The lowest BCUT2D eigenvalue weighted by Crippen LogP contribution is -2.48. The van der Waals surface area contributed by atoms with Gasteiger partial charge in [0.2, 0.25) is 5.91 Å². The number of hydrogen-bond acceptors (Lipinski definition) is 3. The molecule has 0 aliphatic carbocycles. The van der Waals surface area contributed by atoms with Gasteiger partial charge in [0.1, 0.15) is 5.82 Å². The molecule has 1 aromatic carbocycles. The average molecular weight is 309 g/mol. The summed E-state index contributed by atoms with van der Waals surface area (Å²) in [4.78, 5) is 24.7. The first-order valence-corrected chi connectivity index (χ1v) is 7.32. The van der Waals surface area contributed by atoms with Crippen LogP contribution >= 0.6 is 0 Å². The van der Waals surface area contributed by atoms with Crippen LogP contribution in [0.5, 0.6) is 0 Å². The van der Waals surface area contributed by atoms with Crippen LogP contribution in [0.3, 0.4) is 0 Å². The van der Waals surface area contributed by atoms with E-state index in [2.05, 4.69) is 0 Å². The summed E-state index contributed by atoms with van der Waals surface area (Å²) in [7, 11) is 0. The molecule has 22 heavy (non-hydrogen) atoms. The second-order valence-electron chi connectivity index (χ2n) is 5.68. The van der Waals surface area contributed by atoms with Gasteiger partial charge in [-0.25, -0.2) is 9.18 Å². The van der Waals surface area contributed by atoms with E-state index in [9.17, 15) is 14.0 Å². The van der Waals surface area contributed by atoms with Crippen LogP contribution in [0.2, 0.25) is 0 Å². The molecule has 120 valence electrons. The number of carbonyl (C=O) groups is 2. The van der Waals surface area contributed by atoms with Crippen LogP contribution in [0.4, 0.5) is 4.39 Å². The Morgan fingerprint density at radius 2 is 2.27 bits per heavy atom. The van der Waals surface area contributed by atoms with Crippen molar-refractivity contribution in [3.8, 4) is 0 Å². The first kappa shape index (κ1) is 16.4. The van der Waals surface area contributed by atoms with Gasteiger partial charge in [0.25, 0.3) is 0 Å². The number of halogens is 1. The summed E-state index contributed by atoms with van der Waals surface area (Å²) in [6.07, 6.45) is -0.0322. The van der Waals surface area contributed by atoms with Crippen LogP contribution in [0.15, 0.2) is 24.3 Å². The van der Waals surface area contributed by atoms with Crippen molar-refractivity contribution in [3.05, 3.63) is 35.6 Å². The second-order valence-corrected chi connectivity index (χ2v) is 5.68. The molecule has 0 aromatic heterocycles. The molecule has 1 aliphatic rings. The van der Waals surface area contributed by atoms with E-state index in [1.807, 2.05) is 13.0 Å². The van der Waals surface area contributed by atoms with Gasteiger partial charge in [-0.3, -0.25) is 4.79 Å². The van der Waals surface area contributed by atoms with Crippen molar-refractivity contribution < 1.29 is 23.8 Å². The zero-order chi connectivity index (χ0) is 16.1. The molecule has 1 aromatic rings. The summed E-state index contributed by atoms with van der Waals surface area (Å²) in [5.74, 6) is -1.36. The topological polar surface area (TPSA) is 66.8 Å². The van der Waals surface area contributed by atoms with Crippen molar-refractivity contribution in [1.82, 2.24) is 4.90 Å². The van der Waals surface area contributed by atoms with Crippen LogP contribution < -0.4 is 0 Å². The molecule has 0 saturated carbocycles. The number of aliphatic carboxylic acids is 1. The van der Waals surface area contributed by atoms with Gasteiger partial charge in [0.05, 0.1) is 13.2 Å². The fraction of sp³-hybridized carbons (Fsp3) is 0.500. The predicted molar refractivity (Wildman–Crippen MR) is 77.8 cm³/mol. The van der Waals surface area contributed by atoms with E-state index in [1.165, 1.54) is 17.0 Å². The minimum atomic E-state index is -1.05. The van der Waals surface area contributed by atoms with Crippen LogP contribution in [0, 0.1) is 11.7 Å². The van der Waals surface area contributed by atoms with E-state index >= 15 is 0 Å². The van der Waals surface area contributed by atoms with Gasteiger partial charge in [-0.15, -0.1) is 0 Å². The maximum Gasteiger partial charge on any atom is 0.334 e. The molecule has 2 atom stereocenters. The highest BCUT2D eigenvalue weighted by Gasteiger charge is 2.29. The largest absolute Gasteiger partial charge is 0.479 e. The van der Waals surface area contributed by atoms with E-state index < -0.39 is 12.1 Å². The molecule has 0 unspecified atom stereocenters. The fourth-order valence-electron chi connectivity index (χ4n) is 2.59. The zero-order valence-corrected chi connectivity index (χ0v) is 12.5. The van der Waals surface area contributed by atoms with Gasteiger partial charge < -0.3 is 14.7 Å². The minimum Gasteiger partial charge on any atom is -0.479 e. The summed E-state index contributed by atoms with van der Waals surface area (Å²) < 4.78 is 18.2. The maximum atomic E-state index is 13.1. The Morgan fingerprint density at radius 1 is 1.50 bits per heavy atom. The number of benzene rings is 1. The van der Waals surface area contributed by atoms with Crippen LogP contribution in [-0.4, -0.2) is 47.7 Å². The number of ether oxygens (including phenoxy) is 1. The fourth-order valence-corrected chi connectivity index (χ4v) is 2.59.